The maximum absolute atomic E-state index is 13.5. The second kappa shape index (κ2) is 5.80. The molecule has 0 amide bonds. The van der Waals surface area contributed by atoms with Crippen LogP contribution in [0.1, 0.15) is 39.0 Å². The molecule has 1 aromatic rings. The van der Waals surface area contributed by atoms with Gasteiger partial charge in [0.25, 0.3) is 5.88 Å². The number of rotatable bonds is 5. The van der Waals surface area contributed by atoms with Gasteiger partial charge in [0.15, 0.2) is 0 Å². The fourth-order valence-corrected chi connectivity index (χ4v) is 1.92. The Hall–Kier alpha value is -1.39. The highest BCUT2D eigenvalue weighted by Gasteiger charge is 2.19. The molecule has 1 heterocycles. The molecule has 0 aromatic carbocycles. The van der Waals surface area contributed by atoms with E-state index in [1.807, 2.05) is 6.92 Å². The number of hydrogen-bond acceptors (Lipinski definition) is 4. The first-order chi connectivity index (χ1) is 8.29. The molecule has 17 heavy (non-hydrogen) atoms. The lowest BCUT2D eigenvalue weighted by Gasteiger charge is -2.13. The van der Waals surface area contributed by atoms with Crippen LogP contribution in [0, 0.1) is 5.82 Å². The fourth-order valence-electron chi connectivity index (χ4n) is 1.92. The van der Waals surface area contributed by atoms with E-state index in [0.717, 1.165) is 44.8 Å². The molecule has 0 radical (unpaired) electrons. The average Bonchev–Trinajstić information content (AvgIpc) is 2.83. The Bertz CT molecular complexity index is 367. The minimum absolute atomic E-state index is 0.0745. The molecule has 2 rings (SSSR count). The van der Waals surface area contributed by atoms with Crippen LogP contribution in [0.15, 0.2) is 6.20 Å². The summed E-state index contributed by atoms with van der Waals surface area (Å²) in [6.45, 7) is 2.82. The van der Waals surface area contributed by atoms with Crippen LogP contribution in [0.3, 0.4) is 0 Å². The maximum atomic E-state index is 13.5. The van der Waals surface area contributed by atoms with E-state index >= 15 is 0 Å². The van der Waals surface area contributed by atoms with E-state index in [4.69, 9.17) is 4.74 Å². The quantitative estimate of drug-likeness (QED) is 0.858. The Balaban J connectivity index is 2.03. The number of aromatic nitrogens is 2. The van der Waals surface area contributed by atoms with Crippen LogP contribution in [0.4, 0.5) is 10.3 Å². The molecule has 0 bridgehead atoms. The molecule has 1 aliphatic rings. The van der Waals surface area contributed by atoms with Crippen molar-refractivity contribution < 1.29 is 9.13 Å². The molecule has 5 heteroatoms. The number of anilines is 1. The van der Waals surface area contributed by atoms with Crippen molar-refractivity contribution in [3.8, 4) is 5.88 Å². The van der Waals surface area contributed by atoms with E-state index in [1.165, 1.54) is 0 Å². The van der Waals surface area contributed by atoms with Gasteiger partial charge in [-0.15, -0.1) is 0 Å². The van der Waals surface area contributed by atoms with Crippen molar-refractivity contribution in [2.75, 3.05) is 11.9 Å². The third-order valence-corrected chi connectivity index (χ3v) is 2.83. The molecule has 94 valence electrons. The molecule has 0 spiro atoms. The van der Waals surface area contributed by atoms with Gasteiger partial charge in [0, 0.05) is 6.54 Å². The van der Waals surface area contributed by atoms with Crippen molar-refractivity contribution in [2.24, 2.45) is 0 Å². The van der Waals surface area contributed by atoms with E-state index in [2.05, 4.69) is 15.3 Å². The lowest BCUT2D eigenvalue weighted by atomic mass is 10.3. The summed E-state index contributed by atoms with van der Waals surface area (Å²) in [5.41, 5.74) is 0. The number of nitrogens with one attached hydrogen (secondary N) is 1. The molecular weight excluding hydrogens is 221 g/mol. The smallest absolute Gasteiger partial charge is 0.255 e. The predicted molar refractivity (Wildman–Crippen MR) is 63.7 cm³/mol. The summed E-state index contributed by atoms with van der Waals surface area (Å²) in [6.07, 6.45) is 6.52. The highest BCUT2D eigenvalue weighted by molar-refractivity contribution is 5.28. The molecule has 1 aromatic heterocycles. The Morgan fingerprint density at radius 2 is 2.24 bits per heavy atom. The summed E-state index contributed by atoms with van der Waals surface area (Å²) in [5.74, 6) is 0.0192. The summed E-state index contributed by atoms with van der Waals surface area (Å²) in [7, 11) is 0. The van der Waals surface area contributed by atoms with Crippen LogP contribution in [-0.4, -0.2) is 22.6 Å². The van der Waals surface area contributed by atoms with E-state index in [9.17, 15) is 4.39 Å². The standard InChI is InChI=1S/C12H18FN3O/c1-2-7-14-12-15-8-10(13)11(16-12)17-9-5-3-4-6-9/h8-9H,2-7H2,1H3,(H,14,15,16). The minimum Gasteiger partial charge on any atom is -0.472 e. The van der Waals surface area contributed by atoms with Crippen LogP contribution in [0.25, 0.3) is 0 Å². The van der Waals surface area contributed by atoms with Crippen molar-refractivity contribution in [3.05, 3.63) is 12.0 Å². The summed E-state index contributed by atoms with van der Waals surface area (Å²) in [6, 6.07) is 0. The molecule has 1 aliphatic carbocycles. The van der Waals surface area contributed by atoms with Crippen LogP contribution in [0.2, 0.25) is 0 Å². The monoisotopic (exact) mass is 239 g/mol. The second-order valence-corrected chi connectivity index (χ2v) is 4.30. The lowest BCUT2D eigenvalue weighted by Crippen LogP contribution is -2.14. The van der Waals surface area contributed by atoms with Crippen LogP contribution in [-0.2, 0) is 0 Å². The zero-order chi connectivity index (χ0) is 12.1. The zero-order valence-corrected chi connectivity index (χ0v) is 10.1. The van der Waals surface area contributed by atoms with Crippen molar-refractivity contribution in [2.45, 2.75) is 45.1 Å². The predicted octanol–water partition coefficient (Wildman–Crippen LogP) is 2.76. The summed E-state index contributed by atoms with van der Waals surface area (Å²) in [5, 5.41) is 3.02. The molecule has 1 fully saturated rings. The molecule has 1 N–H and O–H groups in total. The van der Waals surface area contributed by atoms with Gasteiger partial charge in [-0.2, -0.15) is 9.37 Å². The van der Waals surface area contributed by atoms with E-state index < -0.39 is 5.82 Å². The molecule has 0 unspecified atom stereocenters. The molecular formula is C12H18FN3O. The first kappa shape index (κ1) is 12.1. The minimum atomic E-state index is -0.487. The van der Waals surface area contributed by atoms with Crippen molar-refractivity contribution in [1.82, 2.24) is 9.97 Å². The van der Waals surface area contributed by atoms with Gasteiger partial charge < -0.3 is 10.1 Å². The van der Waals surface area contributed by atoms with Gasteiger partial charge in [0.1, 0.15) is 6.10 Å². The molecule has 0 atom stereocenters. The third kappa shape index (κ3) is 3.28. The van der Waals surface area contributed by atoms with Crippen molar-refractivity contribution in [3.63, 3.8) is 0 Å². The largest absolute Gasteiger partial charge is 0.472 e. The van der Waals surface area contributed by atoms with Crippen LogP contribution in [0.5, 0.6) is 5.88 Å². The number of hydrogen-bond donors (Lipinski definition) is 1. The fraction of sp³-hybridized carbons (Fsp3) is 0.667. The Labute approximate surface area is 101 Å². The first-order valence-corrected chi connectivity index (χ1v) is 6.22. The van der Waals surface area contributed by atoms with E-state index in [1.54, 1.807) is 0 Å². The van der Waals surface area contributed by atoms with Crippen LogP contribution < -0.4 is 10.1 Å². The third-order valence-electron chi connectivity index (χ3n) is 2.83. The number of ether oxygens (including phenoxy) is 1. The lowest BCUT2D eigenvalue weighted by molar-refractivity contribution is 0.191. The average molecular weight is 239 g/mol. The highest BCUT2D eigenvalue weighted by Crippen LogP contribution is 2.24. The van der Waals surface area contributed by atoms with E-state index in [-0.39, 0.29) is 12.0 Å². The normalized spacial score (nSPS) is 16.1. The van der Waals surface area contributed by atoms with Gasteiger partial charge in [-0.1, -0.05) is 6.92 Å². The summed E-state index contributed by atoms with van der Waals surface area (Å²) >= 11 is 0. The number of nitrogens with zero attached hydrogens (tertiary/aromatic N) is 2. The Kier molecular flexibility index (Phi) is 4.12. The SMILES string of the molecule is CCCNc1ncc(F)c(OC2CCCC2)n1. The Morgan fingerprint density at radius 3 is 2.94 bits per heavy atom. The van der Waals surface area contributed by atoms with Gasteiger partial charge in [0.05, 0.1) is 6.20 Å². The second-order valence-electron chi connectivity index (χ2n) is 4.30. The van der Waals surface area contributed by atoms with Gasteiger partial charge >= 0.3 is 0 Å². The van der Waals surface area contributed by atoms with Crippen molar-refractivity contribution in [1.29, 1.82) is 0 Å². The van der Waals surface area contributed by atoms with Crippen LogP contribution >= 0.6 is 0 Å². The van der Waals surface area contributed by atoms with E-state index in [0.29, 0.717) is 5.95 Å². The molecule has 4 nitrogen and oxygen atoms in total. The van der Waals surface area contributed by atoms with Crippen molar-refractivity contribution >= 4 is 5.95 Å². The van der Waals surface area contributed by atoms with Gasteiger partial charge in [-0.05, 0) is 32.1 Å². The molecule has 1 saturated carbocycles. The zero-order valence-electron chi connectivity index (χ0n) is 10.1. The Morgan fingerprint density at radius 1 is 1.47 bits per heavy atom. The number of halogens is 1. The molecule has 0 aliphatic heterocycles. The topological polar surface area (TPSA) is 47.0 Å². The maximum Gasteiger partial charge on any atom is 0.255 e. The molecule has 0 saturated heterocycles. The van der Waals surface area contributed by atoms with Gasteiger partial charge in [-0.25, -0.2) is 4.98 Å². The summed E-state index contributed by atoms with van der Waals surface area (Å²) < 4.78 is 19.0. The first-order valence-electron chi connectivity index (χ1n) is 6.22. The summed E-state index contributed by atoms with van der Waals surface area (Å²) in [4.78, 5) is 7.93. The van der Waals surface area contributed by atoms with Gasteiger partial charge in [0.2, 0.25) is 11.8 Å². The van der Waals surface area contributed by atoms with Gasteiger partial charge in [-0.3, -0.25) is 0 Å². The highest BCUT2D eigenvalue weighted by atomic mass is 19.1.